The molecule has 2 rings (SSSR count). The number of aromatic nitrogens is 2. The fourth-order valence-electron chi connectivity index (χ4n) is 2.93. The van der Waals surface area contributed by atoms with E-state index in [9.17, 15) is 0 Å². The molecule has 0 aromatic carbocycles. The van der Waals surface area contributed by atoms with Gasteiger partial charge in [-0.25, -0.2) is 0 Å². The van der Waals surface area contributed by atoms with Gasteiger partial charge in [-0.15, -0.1) is 5.10 Å². The lowest BCUT2D eigenvalue weighted by Gasteiger charge is -2.37. The minimum Gasteiger partial charge on any atom is -0.308 e. The van der Waals surface area contributed by atoms with Gasteiger partial charge in [-0.1, -0.05) is 31.7 Å². The van der Waals surface area contributed by atoms with Crippen LogP contribution >= 0.6 is 11.5 Å². The van der Waals surface area contributed by atoms with Crippen LogP contribution in [0.2, 0.25) is 0 Å². The zero-order chi connectivity index (χ0) is 12.3. The molecule has 1 saturated carbocycles. The van der Waals surface area contributed by atoms with Crippen LogP contribution in [0.1, 0.15) is 45.7 Å². The van der Waals surface area contributed by atoms with E-state index in [1.165, 1.54) is 30.8 Å². The second kappa shape index (κ2) is 5.91. The van der Waals surface area contributed by atoms with E-state index in [-0.39, 0.29) is 0 Å². The van der Waals surface area contributed by atoms with E-state index in [4.69, 9.17) is 0 Å². The Morgan fingerprint density at radius 2 is 2.29 bits per heavy atom. The van der Waals surface area contributed by atoms with Crippen molar-refractivity contribution < 1.29 is 0 Å². The molecule has 1 aromatic rings. The van der Waals surface area contributed by atoms with Crippen molar-refractivity contribution in [3.8, 4) is 0 Å². The monoisotopic (exact) mass is 253 g/mol. The maximum absolute atomic E-state index is 4.10. The Bertz CT molecular complexity index is 323. The van der Waals surface area contributed by atoms with Crippen LogP contribution in [0.25, 0.3) is 0 Å². The number of hydrogen-bond acceptors (Lipinski definition) is 4. The van der Waals surface area contributed by atoms with E-state index in [1.807, 2.05) is 5.38 Å². The highest BCUT2D eigenvalue weighted by atomic mass is 32.1. The molecule has 3 unspecified atom stereocenters. The summed E-state index contributed by atoms with van der Waals surface area (Å²) in [6, 6.07) is 0.653. The average molecular weight is 253 g/mol. The van der Waals surface area contributed by atoms with E-state index in [0.29, 0.717) is 6.04 Å². The van der Waals surface area contributed by atoms with Gasteiger partial charge in [0.1, 0.15) is 0 Å². The first kappa shape index (κ1) is 13.0. The molecule has 0 saturated heterocycles. The van der Waals surface area contributed by atoms with E-state index >= 15 is 0 Å². The summed E-state index contributed by atoms with van der Waals surface area (Å²) in [6.07, 6.45) is 4.06. The largest absolute Gasteiger partial charge is 0.308 e. The van der Waals surface area contributed by atoms with Crippen molar-refractivity contribution in [1.29, 1.82) is 0 Å². The molecular formula is C13H23N3S. The third kappa shape index (κ3) is 3.49. The van der Waals surface area contributed by atoms with Crippen molar-refractivity contribution in [2.24, 2.45) is 17.8 Å². The molecule has 0 amide bonds. The van der Waals surface area contributed by atoms with Crippen molar-refractivity contribution in [1.82, 2.24) is 14.9 Å². The van der Waals surface area contributed by atoms with Crippen LogP contribution in [0, 0.1) is 17.8 Å². The fourth-order valence-corrected chi connectivity index (χ4v) is 3.38. The summed E-state index contributed by atoms with van der Waals surface area (Å²) in [7, 11) is 0. The molecule has 0 aliphatic heterocycles. The van der Waals surface area contributed by atoms with Gasteiger partial charge in [0.2, 0.25) is 0 Å². The lowest BCUT2D eigenvalue weighted by atomic mass is 9.74. The molecular weight excluding hydrogens is 230 g/mol. The van der Waals surface area contributed by atoms with Crippen molar-refractivity contribution in [3.63, 3.8) is 0 Å². The van der Waals surface area contributed by atoms with E-state index in [0.717, 1.165) is 30.0 Å². The summed E-state index contributed by atoms with van der Waals surface area (Å²) in [5, 5.41) is 9.82. The maximum Gasteiger partial charge on any atom is 0.0893 e. The molecule has 96 valence electrons. The van der Waals surface area contributed by atoms with Gasteiger partial charge in [0.25, 0.3) is 0 Å². The van der Waals surface area contributed by atoms with Gasteiger partial charge in [-0.05, 0) is 42.1 Å². The summed E-state index contributed by atoms with van der Waals surface area (Å²) in [5.74, 6) is 2.45. The molecule has 17 heavy (non-hydrogen) atoms. The molecule has 0 radical (unpaired) electrons. The highest BCUT2D eigenvalue weighted by Gasteiger charge is 2.30. The summed E-state index contributed by atoms with van der Waals surface area (Å²) in [6.45, 7) is 7.94. The first-order chi connectivity index (χ1) is 8.16. The highest BCUT2D eigenvalue weighted by molar-refractivity contribution is 7.03. The SMILES string of the molecule is CC1CCC(C(C)C)C(NCc2csnn2)C1. The molecule has 3 nitrogen and oxygen atoms in total. The van der Waals surface area contributed by atoms with Gasteiger partial charge in [0.05, 0.1) is 5.69 Å². The Hall–Kier alpha value is -0.480. The predicted octanol–water partition coefficient (Wildman–Crippen LogP) is 3.09. The minimum atomic E-state index is 0.653. The Kier molecular flexibility index (Phi) is 4.51. The topological polar surface area (TPSA) is 37.8 Å². The Morgan fingerprint density at radius 1 is 1.47 bits per heavy atom. The van der Waals surface area contributed by atoms with E-state index in [1.54, 1.807) is 0 Å². The smallest absolute Gasteiger partial charge is 0.0893 e. The van der Waals surface area contributed by atoms with E-state index < -0.39 is 0 Å². The minimum absolute atomic E-state index is 0.653. The molecule has 1 aliphatic rings. The molecule has 0 bridgehead atoms. The Balaban J connectivity index is 1.90. The van der Waals surface area contributed by atoms with Crippen LogP contribution in [-0.4, -0.2) is 15.6 Å². The lowest BCUT2D eigenvalue weighted by Crippen LogP contribution is -2.42. The summed E-state index contributed by atoms with van der Waals surface area (Å²) < 4.78 is 3.91. The molecule has 4 heteroatoms. The standard InChI is InChI=1S/C13H23N3S/c1-9(2)12-5-4-10(3)6-13(12)14-7-11-8-17-16-15-11/h8-10,12-14H,4-7H2,1-3H3. The number of rotatable bonds is 4. The first-order valence-corrected chi connectivity index (χ1v) is 7.49. The molecule has 1 aromatic heterocycles. The third-order valence-electron chi connectivity index (χ3n) is 3.97. The van der Waals surface area contributed by atoms with Crippen molar-refractivity contribution in [3.05, 3.63) is 11.1 Å². The maximum atomic E-state index is 4.10. The second-order valence-corrected chi connectivity index (χ2v) is 6.32. The van der Waals surface area contributed by atoms with Gasteiger partial charge in [0, 0.05) is 18.0 Å². The van der Waals surface area contributed by atoms with Crippen molar-refractivity contribution in [2.75, 3.05) is 0 Å². The molecule has 3 atom stereocenters. The van der Waals surface area contributed by atoms with Crippen LogP contribution in [0.4, 0.5) is 0 Å². The third-order valence-corrected chi connectivity index (χ3v) is 4.53. The predicted molar refractivity (Wildman–Crippen MR) is 71.9 cm³/mol. The van der Waals surface area contributed by atoms with Crippen LogP contribution in [0.15, 0.2) is 5.38 Å². The second-order valence-electron chi connectivity index (χ2n) is 5.71. The van der Waals surface area contributed by atoms with Crippen LogP contribution < -0.4 is 5.32 Å². The molecule has 1 fully saturated rings. The van der Waals surface area contributed by atoms with Gasteiger partial charge < -0.3 is 5.32 Å². The van der Waals surface area contributed by atoms with Crippen molar-refractivity contribution in [2.45, 2.75) is 52.6 Å². The Morgan fingerprint density at radius 3 is 2.94 bits per heavy atom. The van der Waals surface area contributed by atoms with Crippen LogP contribution in [0.3, 0.4) is 0 Å². The fraction of sp³-hybridized carbons (Fsp3) is 0.846. The van der Waals surface area contributed by atoms with Gasteiger partial charge >= 0.3 is 0 Å². The average Bonchev–Trinajstić information content (AvgIpc) is 2.78. The van der Waals surface area contributed by atoms with E-state index in [2.05, 4.69) is 35.7 Å². The zero-order valence-electron chi connectivity index (χ0n) is 11.0. The molecule has 1 aliphatic carbocycles. The number of nitrogens with one attached hydrogen (secondary N) is 1. The normalized spacial score (nSPS) is 29.8. The number of hydrogen-bond donors (Lipinski definition) is 1. The first-order valence-electron chi connectivity index (χ1n) is 6.66. The highest BCUT2D eigenvalue weighted by Crippen LogP contribution is 2.33. The van der Waals surface area contributed by atoms with Gasteiger partial charge in [-0.2, -0.15) is 0 Å². The Labute approximate surface area is 108 Å². The summed E-state index contributed by atoms with van der Waals surface area (Å²) in [4.78, 5) is 0. The lowest BCUT2D eigenvalue weighted by molar-refractivity contribution is 0.169. The molecule has 0 spiro atoms. The number of nitrogens with zero attached hydrogens (tertiary/aromatic N) is 2. The quantitative estimate of drug-likeness (QED) is 0.896. The van der Waals surface area contributed by atoms with Crippen LogP contribution in [0.5, 0.6) is 0 Å². The summed E-state index contributed by atoms with van der Waals surface area (Å²) in [5.41, 5.74) is 1.08. The van der Waals surface area contributed by atoms with Crippen molar-refractivity contribution >= 4 is 11.5 Å². The zero-order valence-corrected chi connectivity index (χ0v) is 11.8. The van der Waals surface area contributed by atoms with Gasteiger partial charge in [-0.3, -0.25) is 0 Å². The molecule has 1 heterocycles. The van der Waals surface area contributed by atoms with Crippen LogP contribution in [-0.2, 0) is 6.54 Å². The van der Waals surface area contributed by atoms with Gasteiger partial charge in [0.15, 0.2) is 0 Å². The summed E-state index contributed by atoms with van der Waals surface area (Å²) >= 11 is 1.43. The molecule has 1 N–H and O–H groups in total.